The molecule has 1 aliphatic heterocycles. The molecule has 2 fully saturated rings. The lowest BCUT2D eigenvalue weighted by Gasteiger charge is -2.32. The fourth-order valence-corrected chi connectivity index (χ4v) is 3.40. The van der Waals surface area contributed by atoms with Crippen LogP contribution >= 0.6 is 0 Å². The molecule has 3 nitrogen and oxygen atoms in total. The van der Waals surface area contributed by atoms with E-state index in [-0.39, 0.29) is 0 Å². The zero-order valence-electron chi connectivity index (χ0n) is 13.0. The molecule has 0 radical (unpaired) electrons. The molecule has 1 saturated heterocycles. The predicted molar refractivity (Wildman–Crippen MR) is 84.1 cm³/mol. The van der Waals surface area contributed by atoms with Crippen molar-refractivity contribution in [2.75, 3.05) is 4.90 Å². The smallest absolute Gasteiger partial charge is 0.0450 e. The molecule has 1 N–H and O–H groups in total. The number of nitrogens with zero attached hydrogens (tertiary/aromatic N) is 2. The summed E-state index contributed by atoms with van der Waals surface area (Å²) in [6, 6.07) is 4.39. The molecule has 2 unspecified atom stereocenters. The molecule has 20 heavy (non-hydrogen) atoms. The van der Waals surface area contributed by atoms with Gasteiger partial charge in [0.25, 0.3) is 0 Å². The van der Waals surface area contributed by atoms with Crippen molar-refractivity contribution in [2.24, 2.45) is 0 Å². The standard InChI is InChI=1S/C17H27N3/c1-4-16-8-5-13(3)20(16)17-9-12(2)18-10-14(17)11-19-15-6-7-15/h9-10,13,15-16,19H,4-8,11H2,1-3H3. The lowest BCUT2D eigenvalue weighted by molar-refractivity contribution is 0.618. The first-order valence-corrected chi connectivity index (χ1v) is 8.16. The Bertz CT molecular complexity index is 467. The summed E-state index contributed by atoms with van der Waals surface area (Å²) in [7, 11) is 0. The Morgan fingerprint density at radius 3 is 2.80 bits per heavy atom. The summed E-state index contributed by atoms with van der Waals surface area (Å²) in [5, 5.41) is 3.64. The Labute approximate surface area is 122 Å². The van der Waals surface area contributed by atoms with Gasteiger partial charge in [-0.1, -0.05) is 6.92 Å². The predicted octanol–water partition coefficient (Wildman–Crippen LogP) is 3.41. The van der Waals surface area contributed by atoms with Crippen molar-refractivity contribution < 1.29 is 0 Å². The minimum Gasteiger partial charge on any atom is -0.365 e. The van der Waals surface area contributed by atoms with E-state index >= 15 is 0 Å². The molecule has 1 saturated carbocycles. The quantitative estimate of drug-likeness (QED) is 0.891. The number of anilines is 1. The van der Waals surface area contributed by atoms with Gasteiger partial charge in [0.2, 0.25) is 0 Å². The van der Waals surface area contributed by atoms with Crippen LogP contribution in [0.25, 0.3) is 0 Å². The van der Waals surface area contributed by atoms with E-state index in [4.69, 9.17) is 0 Å². The molecule has 1 aromatic rings. The maximum absolute atomic E-state index is 4.52. The van der Waals surface area contributed by atoms with Gasteiger partial charge in [-0.15, -0.1) is 0 Å². The van der Waals surface area contributed by atoms with Crippen molar-refractivity contribution in [1.82, 2.24) is 10.3 Å². The molecular weight excluding hydrogens is 246 g/mol. The lowest BCUT2D eigenvalue weighted by Crippen LogP contribution is -2.35. The van der Waals surface area contributed by atoms with E-state index < -0.39 is 0 Å². The number of hydrogen-bond acceptors (Lipinski definition) is 3. The summed E-state index contributed by atoms with van der Waals surface area (Å²) in [6.45, 7) is 7.74. The Morgan fingerprint density at radius 1 is 1.30 bits per heavy atom. The van der Waals surface area contributed by atoms with Gasteiger partial charge in [-0.05, 0) is 52.0 Å². The number of aromatic nitrogens is 1. The Balaban J connectivity index is 1.86. The van der Waals surface area contributed by atoms with Crippen molar-refractivity contribution in [3.63, 3.8) is 0 Å². The highest BCUT2D eigenvalue weighted by Gasteiger charge is 2.31. The molecule has 1 aliphatic carbocycles. The van der Waals surface area contributed by atoms with Gasteiger partial charge < -0.3 is 10.2 Å². The van der Waals surface area contributed by atoms with Crippen molar-refractivity contribution in [3.05, 3.63) is 23.5 Å². The highest BCUT2D eigenvalue weighted by Crippen LogP contribution is 2.34. The second-order valence-corrected chi connectivity index (χ2v) is 6.51. The van der Waals surface area contributed by atoms with E-state index in [1.165, 1.54) is 43.4 Å². The number of rotatable bonds is 5. The molecule has 2 heterocycles. The van der Waals surface area contributed by atoms with E-state index in [1.54, 1.807) is 0 Å². The van der Waals surface area contributed by atoms with Crippen LogP contribution in [0.4, 0.5) is 5.69 Å². The van der Waals surface area contributed by atoms with Gasteiger partial charge in [0.05, 0.1) is 0 Å². The van der Waals surface area contributed by atoms with Crippen LogP contribution in [0.2, 0.25) is 0 Å². The first kappa shape index (κ1) is 13.9. The third-order valence-corrected chi connectivity index (χ3v) is 4.79. The van der Waals surface area contributed by atoms with Crippen molar-refractivity contribution in [1.29, 1.82) is 0 Å². The van der Waals surface area contributed by atoms with Gasteiger partial charge in [0, 0.05) is 47.8 Å². The zero-order valence-corrected chi connectivity index (χ0v) is 13.0. The fourth-order valence-electron chi connectivity index (χ4n) is 3.40. The molecule has 3 rings (SSSR count). The molecule has 3 heteroatoms. The van der Waals surface area contributed by atoms with Gasteiger partial charge in [-0.2, -0.15) is 0 Å². The van der Waals surface area contributed by atoms with Crippen LogP contribution in [0.5, 0.6) is 0 Å². The normalized spacial score (nSPS) is 26.2. The average molecular weight is 273 g/mol. The van der Waals surface area contributed by atoms with Crippen LogP contribution in [-0.2, 0) is 6.54 Å². The summed E-state index contributed by atoms with van der Waals surface area (Å²) in [4.78, 5) is 7.17. The van der Waals surface area contributed by atoms with Gasteiger partial charge in [-0.25, -0.2) is 0 Å². The SMILES string of the molecule is CCC1CCC(C)N1c1cc(C)ncc1CNC1CC1. The van der Waals surface area contributed by atoms with Crippen LogP contribution < -0.4 is 10.2 Å². The average Bonchev–Trinajstić information content (AvgIpc) is 3.19. The minimum absolute atomic E-state index is 0.654. The number of hydrogen-bond donors (Lipinski definition) is 1. The molecule has 0 spiro atoms. The number of pyridine rings is 1. The van der Waals surface area contributed by atoms with Crippen LogP contribution in [0, 0.1) is 6.92 Å². The first-order valence-electron chi connectivity index (χ1n) is 8.16. The summed E-state index contributed by atoms with van der Waals surface area (Å²) in [5.74, 6) is 0. The molecule has 0 amide bonds. The van der Waals surface area contributed by atoms with Crippen molar-refractivity contribution in [3.8, 4) is 0 Å². The summed E-state index contributed by atoms with van der Waals surface area (Å²) >= 11 is 0. The summed E-state index contributed by atoms with van der Waals surface area (Å²) in [5.41, 5.74) is 3.92. The van der Waals surface area contributed by atoms with Gasteiger partial charge >= 0.3 is 0 Å². The Morgan fingerprint density at radius 2 is 2.10 bits per heavy atom. The zero-order chi connectivity index (χ0) is 14.1. The summed E-state index contributed by atoms with van der Waals surface area (Å²) in [6.07, 6.45) is 8.64. The second kappa shape index (κ2) is 5.72. The van der Waals surface area contributed by atoms with E-state index in [0.29, 0.717) is 12.1 Å². The van der Waals surface area contributed by atoms with Gasteiger partial charge in [-0.3, -0.25) is 4.98 Å². The van der Waals surface area contributed by atoms with Crippen LogP contribution in [0.15, 0.2) is 12.3 Å². The Hall–Kier alpha value is -1.09. The number of aryl methyl sites for hydroxylation is 1. The van der Waals surface area contributed by atoms with Crippen LogP contribution in [-0.4, -0.2) is 23.1 Å². The van der Waals surface area contributed by atoms with Gasteiger partial charge in [0.15, 0.2) is 0 Å². The molecule has 0 aromatic carbocycles. The van der Waals surface area contributed by atoms with Crippen LogP contribution in [0.3, 0.4) is 0 Å². The Kier molecular flexibility index (Phi) is 3.97. The minimum atomic E-state index is 0.654. The number of nitrogens with one attached hydrogen (secondary N) is 1. The third kappa shape index (κ3) is 2.83. The van der Waals surface area contributed by atoms with E-state index in [1.807, 2.05) is 0 Å². The molecule has 1 aromatic heterocycles. The third-order valence-electron chi connectivity index (χ3n) is 4.79. The highest BCUT2D eigenvalue weighted by molar-refractivity contribution is 5.56. The van der Waals surface area contributed by atoms with Crippen molar-refractivity contribution in [2.45, 2.75) is 77.5 Å². The monoisotopic (exact) mass is 273 g/mol. The molecule has 2 atom stereocenters. The maximum atomic E-state index is 4.52. The van der Waals surface area contributed by atoms with Crippen LogP contribution in [0.1, 0.15) is 57.2 Å². The fraction of sp³-hybridized carbons (Fsp3) is 0.706. The summed E-state index contributed by atoms with van der Waals surface area (Å²) < 4.78 is 0. The highest BCUT2D eigenvalue weighted by atomic mass is 15.2. The molecule has 0 bridgehead atoms. The van der Waals surface area contributed by atoms with Gasteiger partial charge in [0.1, 0.15) is 0 Å². The van der Waals surface area contributed by atoms with E-state index in [9.17, 15) is 0 Å². The lowest BCUT2D eigenvalue weighted by atomic mass is 10.1. The molecule has 2 aliphatic rings. The maximum Gasteiger partial charge on any atom is 0.0450 e. The largest absolute Gasteiger partial charge is 0.365 e. The van der Waals surface area contributed by atoms with Crippen molar-refractivity contribution >= 4 is 5.69 Å². The van der Waals surface area contributed by atoms with E-state index in [0.717, 1.165) is 18.3 Å². The van der Waals surface area contributed by atoms with E-state index in [2.05, 4.69) is 48.2 Å². The molecular formula is C17H27N3. The molecule has 110 valence electrons. The topological polar surface area (TPSA) is 28.2 Å². The second-order valence-electron chi connectivity index (χ2n) is 6.51. The first-order chi connectivity index (χ1) is 9.69.